The maximum Gasteiger partial charge on any atom is 0.323 e. The van der Waals surface area contributed by atoms with Gasteiger partial charge in [-0.3, -0.25) is 10.2 Å². The fourth-order valence-corrected chi connectivity index (χ4v) is 3.38. The summed E-state index contributed by atoms with van der Waals surface area (Å²) in [6.45, 7) is 3.59. The summed E-state index contributed by atoms with van der Waals surface area (Å²) in [7, 11) is 0. The molecule has 0 aliphatic carbocycles. The highest BCUT2D eigenvalue weighted by molar-refractivity contribution is 5.98. The van der Waals surface area contributed by atoms with Gasteiger partial charge >= 0.3 is 6.03 Å². The van der Waals surface area contributed by atoms with Crippen molar-refractivity contribution >= 4 is 34.7 Å². The Hall–Kier alpha value is -3.39. The van der Waals surface area contributed by atoms with Crippen molar-refractivity contribution in [2.24, 2.45) is 0 Å². The Morgan fingerprint density at radius 3 is 2.75 bits per heavy atom. The standard InChI is InChI=1S/C20H22N6O2/c21-12-15-6-5-14(11-17(15)22)13-25-7-9-26(10-8-25)20(27)23-19-16-3-1-2-4-18(16)28-24-19/h1-6,11-12,21H,7-10,13,22H2,(H,23,24,27). The van der Waals surface area contributed by atoms with E-state index < -0.39 is 0 Å². The average Bonchev–Trinajstić information content (AvgIpc) is 3.12. The Balaban J connectivity index is 1.33. The lowest BCUT2D eigenvalue weighted by Gasteiger charge is -2.34. The number of hydrogen-bond donors (Lipinski definition) is 3. The molecular formula is C20H22N6O2. The van der Waals surface area contributed by atoms with Gasteiger partial charge in [-0.25, -0.2) is 4.79 Å². The number of rotatable bonds is 4. The van der Waals surface area contributed by atoms with E-state index in [9.17, 15) is 4.79 Å². The number of nitrogens with two attached hydrogens (primary N) is 1. The Kier molecular flexibility index (Phi) is 4.94. The molecule has 8 nitrogen and oxygen atoms in total. The number of nitrogens with zero attached hydrogens (tertiary/aromatic N) is 3. The molecule has 0 spiro atoms. The molecule has 2 amide bonds. The Bertz CT molecular complexity index is 1010. The third-order valence-electron chi connectivity index (χ3n) is 4.98. The van der Waals surface area contributed by atoms with Gasteiger partial charge in [0.15, 0.2) is 11.4 Å². The Morgan fingerprint density at radius 1 is 1.21 bits per heavy atom. The molecule has 1 saturated heterocycles. The lowest BCUT2D eigenvalue weighted by Crippen LogP contribution is -2.49. The molecule has 2 heterocycles. The number of amides is 2. The van der Waals surface area contributed by atoms with E-state index in [0.717, 1.165) is 36.1 Å². The summed E-state index contributed by atoms with van der Waals surface area (Å²) in [5.74, 6) is 0.449. The summed E-state index contributed by atoms with van der Waals surface area (Å²) >= 11 is 0. The average molecular weight is 378 g/mol. The lowest BCUT2D eigenvalue weighted by molar-refractivity contribution is 0.143. The molecule has 0 bridgehead atoms. The predicted molar refractivity (Wildman–Crippen MR) is 109 cm³/mol. The fourth-order valence-electron chi connectivity index (χ4n) is 3.38. The van der Waals surface area contributed by atoms with Crippen molar-refractivity contribution < 1.29 is 9.32 Å². The van der Waals surface area contributed by atoms with Gasteiger partial charge < -0.3 is 20.6 Å². The van der Waals surface area contributed by atoms with Crippen LogP contribution >= 0.6 is 0 Å². The molecule has 3 aromatic rings. The molecule has 0 unspecified atom stereocenters. The number of hydrogen-bond acceptors (Lipinski definition) is 6. The quantitative estimate of drug-likeness (QED) is 0.477. The van der Waals surface area contributed by atoms with E-state index in [2.05, 4.69) is 15.4 Å². The SMILES string of the molecule is N=Cc1ccc(CN2CCN(C(=O)Nc3noc4ccccc34)CC2)cc1N. The highest BCUT2D eigenvalue weighted by atomic mass is 16.5. The number of piperazine rings is 1. The predicted octanol–water partition coefficient (Wildman–Crippen LogP) is 2.76. The summed E-state index contributed by atoms with van der Waals surface area (Å²) in [5.41, 5.74) is 9.06. The van der Waals surface area contributed by atoms with Crippen molar-refractivity contribution in [3.05, 3.63) is 53.6 Å². The van der Waals surface area contributed by atoms with E-state index in [0.29, 0.717) is 30.2 Å². The van der Waals surface area contributed by atoms with Gasteiger partial charge in [0, 0.05) is 50.2 Å². The van der Waals surface area contributed by atoms with Crippen LogP contribution in [-0.2, 0) is 6.54 Å². The number of carbonyl (C=O) groups excluding carboxylic acids is 1. The third-order valence-corrected chi connectivity index (χ3v) is 4.98. The summed E-state index contributed by atoms with van der Waals surface area (Å²) in [6.07, 6.45) is 1.26. The molecule has 1 aromatic heterocycles. The third kappa shape index (κ3) is 3.67. The molecule has 8 heteroatoms. The first-order chi connectivity index (χ1) is 13.6. The van der Waals surface area contributed by atoms with Gasteiger partial charge in [0.25, 0.3) is 0 Å². The van der Waals surface area contributed by atoms with Crippen LogP contribution < -0.4 is 11.1 Å². The minimum absolute atomic E-state index is 0.168. The van der Waals surface area contributed by atoms with Crippen LogP contribution in [0.25, 0.3) is 11.0 Å². The van der Waals surface area contributed by atoms with Crippen molar-refractivity contribution in [3.63, 3.8) is 0 Å². The highest BCUT2D eigenvalue weighted by Gasteiger charge is 2.22. The zero-order valence-electron chi connectivity index (χ0n) is 15.4. The summed E-state index contributed by atoms with van der Waals surface area (Å²) < 4.78 is 5.23. The van der Waals surface area contributed by atoms with Crippen molar-refractivity contribution in [1.82, 2.24) is 15.0 Å². The van der Waals surface area contributed by atoms with Crippen molar-refractivity contribution in [2.75, 3.05) is 37.2 Å². The highest BCUT2D eigenvalue weighted by Crippen LogP contribution is 2.22. The van der Waals surface area contributed by atoms with Crippen LogP contribution in [0.4, 0.5) is 16.3 Å². The largest absolute Gasteiger partial charge is 0.398 e. The van der Waals surface area contributed by atoms with Crippen LogP contribution in [0.3, 0.4) is 0 Å². The zero-order chi connectivity index (χ0) is 19.5. The van der Waals surface area contributed by atoms with Crippen LogP contribution in [0.1, 0.15) is 11.1 Å². The number of nitrogen functional groups attached to an aromatic ring is 1. The fraction of sp³-hybridized carbons (Fsp3) is 0.250. The van der Waals surface area contributed by atoms with Gasteiger partial charge in [-0.15, -0.1) is 0 Å². The monoisotopic (exact) mass is 378 g/mol. The normalized spacial score (nSPS) is 14.9. The number of fused-ring (bicyclic) bond motifs is 1. The van der Waals surface area contributed by atoms with Gasteiger partial charge in [-0.05, 0) is 23.8 Å². The second kappa shape index (κ2) is 7.69. The molecule has 1 fully saturated rings. The van der Waals surface area contributed by atoms with Gasteiger partial charge in [0.2, 0.25) is 0 Å². The maximum absolute atomic E-state index is 12.6. The molecule has 2 aromatic carbocycles. The van der Waals surface area contributed by atoms with Crippen LogP contribution in [0, 0.1) is 5.41 Å². The number of urea groups is 1. The molecule has 1 aliphatic rings. The van der Waals surface area contributed by atoms with Crippen LogP contribution in [-0.4, -0.2) is 53.4 Å². The summed E-state index contributed by atoms with van der Waals surface area (Å²) in [4.78, 5) is 16.6. The smallest absolute Gasteiger partial charge is 0.323 e. The number of benzene rings is 2. The maximum atomic E-state index is 12.6. The van der Waals surface area contributed by atoms with E-state index in [4.69, 9.17) is 15.7 Å². The molecule has 1 aliphatic heterocycles. The first-order valence-corrected chi connectivity index (χ1v) is 9.15. The van der Waals surface area contributed by atoms with Crippen LogP contribution in [0.15, 0.2) is 47.0 Å². The molecule has 0 radical (unpaired) electrons. The van der Waals surface area contributed by atoms with E-state index in [1.54, 1.807) is 4.90 Å². The second-order valence-electron chi connectivity index (χ2n) is 6.83. The Labute approximate surface area is 162 Å². The van der Waals surface area contributed by atoms with E-state index in [1.165, 1.54) is 6.21 Å². The molecule has 0 saturated carbocycles. The molecule has 144 valence electrons. The van der Waals surface area contributed by atoms with Gasteiger partial charge in [-0.2, -0.15) is 0 Å². The van der Waals surface area contributed by atoms with Gasteiger partial charge in [-0.1, -0.05) is 29.4 Å². The first kappa shape index (κ1) is 18.0. The molecule has 0 atom stereocenters. The summed E-state index contributed by atoms with van der Waals surface area (Å²) in [5, 5.41) is 14.9. The van der Waals surface area contributed by atoms with E-state index in [1.807, 2.05) is 42.5 Å². The number of nitrogens with one attached hydrogen (secondary N) is 2. The van der Waals surface area contributed by atoms with Crippen molar-refractivity contribution in [1.29, 1.82) is 5.41 Å². The van der Waals surface area contributed by atoms with E-state index >= 15 is 0 Å². The number of aromatic nitrogens is 1. The zero-order valence-corrected chi connectivity index (χ0v) is 15.4. The Morgan fingerprint density at radius 2 is 2.00 bits per heavy atom. The number of anilines is 2. The van der Waals surface area contributed by atoms with Crippen molar-refractivity contribution in [3.8, 4) is 0 Å². The topological polar surface area (TPSA) is 111 Å². The second-order valence-corrected chi connectivity index (χ2v) is 6.83. The minimum atomic E-state index is -0.168. The first-order valence-electron chi connectivity index (χ1n) is 9.15. The van der Waals surface area contributed by atoms with Crippen LogP contribution in [0.5, 0.6) is 0 Å². The van der Waals surface area contributed by atoms with Crippen LogP contribution in [0.2, 0.25) is 0 Å². The lowest BCUT2D eigenvalue weighted by atomic mass is 10.1. The molecule has 4 rings (SSSR count). The van der Waals surface area contributed by atoms with Crippen molar-refractivity contribution in [2.45, 2.75) is 6.54 Å². The van der Waals surface area contributed by atoms with Gasteiger partial charge in [0.1, 0.15) is 0 Å². The van der Waals surface area contributed by atoms with E-state index in [-0.39, 0.29) is 6.03 Å². The molecule has 4 N–H and O–H groups in total. The molecule has 28 heavy (non-hydrogen) atoms. The summed E-state index contributed by atoms with van der Waals surface area (Å²) in [6, 6.07) is 13.0. The number of para-hydroxylation sites is 1. The number of carbonyl (C=O) groups is 1. The minimum Gasteiger partial charge on any atom is -0.398 e. The molecular weight excluding hydrogens is 356 g/mol. The van der Waals surface area contributed by atoms with Gasteiger partial charge in [0.05, 0.1) is 5.39 Å².